The van der Waals surface area contributed by atoms with Crippen LogP contribution in [-0.2, 0) is 11.2 Å². The van der Waals surface area contributed by atoms with E-state index in [4.69, 9.17) is 5.26 Å². The number of nitriles is 1. The predicted molar refractivity (Wildman–Crippen MR) is 130 cm³/mol. The van der Waals surface area contributed by atoms with E-state index < -0.39 is 0 Å². The Bertz CT molecular complexity index is 929. The molecule has 1 saturated carbocycles. The van der Waals surface area contributed by atoms with Gasteiger partial charge in [-0.1, -0.05) is 33.8 Å². The van der Waals surface area contributed by atoms with E-state index in [1.54, 1.807) is 18.9 Å². The molecular weight excluding hydrogens is 414 g/mol. The normalized spacial score (nSPS) is 17.8. The van der Waals surface area contributed by atoms with Crippen molar-refractivity contribution < 1.29 is 9.53 Å². The number of ketones is 1. The van der Waals surface area contributed by atoms with Gasteiger partial charge >= 0.3 is 0 Å². The molecule has 2 unspecified atom stereocenters. The van der Waals surface area contributed by atoms with Crippen LogP contribution in [0, 0.1) is 23.3 Å². The number of nitrogens with zero attached hydrogens (tertiary/aromatic N) is 5. The summed E-state index contributed by atoms with van der Waals surface area (Å²) in [4.78, 5) is 19.0. The number of hydrogen-bond donors (Lipinski definition) is 0. The lowest BCUT2D eigenvalue weighted by molar-refractivity contribution is 0.0921. The molecule has 2 fully saturated rings. The molecule has 1 aliphatic carbocycles. The summed E-state index contributed by atoms with van der Waals surface area (Å²) in [5.74, 6) is 2.28. The van der Waals surface area contributed by atoms with Crippen LogP contribution in [0.4, 0.5) is 0 Å². The van der Waals surface area contributed by atoms with Crippen molar-refractivity contribution >= 4 is 5.78 Å². The minimum Gasteiger partial charge on any atom is -0.388 e. The summed E-state index contributed by atoms with van der Waals surface area (Å²) in [6.45, 7) is 10.2. The standard InChI is InChI=1S/C18H23N3O.C6H10N2.C2H6O/c1-4-12(3)18(22)17-13(5-2)8-9-16(20-17)21-11-15(10-19-21)14-6-7-14;1-6-2-3-8(4-6)5-7;1-3-2/h8-12,14H,4-7H2,1-3H3;6H,2-4H2,1H3;1-2H3. The molecular formula is C26H39N5O2. The molecule has 1 aliphatic heterocycles. The molecule has 2 aliphatic rings. The van der Waals surface area contributed by atoms with Crippen molar-refractivity contribution in [3.05, 3.63) is 41.3 Å². The van der Waals surface area contributed by atoms with Gasteiger partial charge in [-0.25, -0.2) is 9.67 Å². The van der Waals surface area contributed by atoms with Crippen molar-refractivity contribution in [1.82, 2.24) is 19.7 Å². The van der Waals surface area contributed by atoms with Crippen LogP contribution in [0.2, 0.25) is 0 Å². The second kappa shape index (κ2) is 13.1. The molecule has 1 saturated heterocycles. The highest BCUT2D eigenvalue weighted by atomic mass is 16.4. The molecule has 0 aromatic carbocycles. The zero-order chi connectivity index (χ0) is 24.4. The third-order valence-electron chi connectivity index (χ3n) is 6.09. The van der Waals surface area contributed by atoms with Gasteiger partial charge in [0.1, 0.15) is 5.69 Å². The lowest BCUT2D eigenvalue weighted by atomic mass is 9.97. The Morgan fingerprint density at radius 2 is 1.97 bits per heavy atom. The smallest absolute Gasteiger partial charge is 0.184 e. The summed E-state index contributed by atoms with van der Waals surface area (Å²) in [7, 11) is 3.25. The maximum atomic E-state index is 12.6. The average Bonchev–Trinajstić information content (AvgIpc) is 3.40. The van der Waals surface area contributed by atoms with E-state index in [9.17, 15) is 4.79 Å². The van der Waals surface area contributed by atoms with Gasteiger partial charge in [-0.3, -0.25) is 4.79 Å². The van der Waals surface area contributed by atoms with E-state index in [2.05, 4.69) is 34.9 Å². The Hall–Kier alpha value is -2.72. The number of carbonyl (C=O) groups excluding carboxylic acids is 1. The first-order valence-electron chi connectivity index (χ1n) is 12.0. The molecule has 3 heterocycles. The van der Waals surface area contributed by atoms with E-state index in [0.29, 0.717) is 11.6 Å². The van der Waals surface area contributed by atoms with Gasteiger partial charge in [0, 0.05) is 39.4 Å². The van der Waals surface area contributed by atoms with Crippen molar-refractivity contribution in [1.29, 1.82) is 5.26 Å². The van der Waals surface area contributed by atoms with Gasteiger partial charge in [0.15, 0.2) is 17.8 Å². The van der Waals surface area contributed by atoms with Crippen LogP contribution in [0.3, 0.4) is 0 Å². The lowest BCUT2D eigenvalue weighted by Crippen LogP contribution is -2.16. The monoisotopic (exact) mass is 453 g/mol. The van der Waals surface area contributed by atoms with Crippen molar-refractivity contribution in [3.8, 4) is 12.0 Å². The number of rotatable bonds is 6. The highest BCUT2D eigenvalue weighted by Crippen LogP contribution is 2.39. The lowest BCUT2D eigenvalue weighted by Gasteiger charge is -2.12. The first kappa shape index (κ1) is 26.5. The summed E-state index contributed by atoms with van der Waals surface area (Å²) >= 11 is 0. The molecule has 33 heavy (non-hydrogen) atoms. The fraction of sp³-hybridized carbons (Fsp3) is 0.615. The maximum absolute atomic E-state index is 12.6. The Morgan fingerprint density at radius 1 is 1.27 bits per heavy atom. The van der Waals surface area contributed by atoms with E-state index in [-0.39, 0.29) is 11.7 Å². The largest absolute Gasteiger partial charge is 0.388 e. The third kappa shape index (κ3) is 7.68. The van der Waals surface area contributed by atoms with Crippen molar-refractivity contribution in [3.63, 3.8) is 0 Å². The number of methoxy groups -OCH3 is 1. The number of hydrogen-bond acceptors (Lipinski definition) is 6. The van der Waals surface area contributed by atoms with Gasteiger partial charge < -0.3 is 9.64 Å². The molecule has 4 rings (SSSR count). The quantitative estimate of drug-likeness (QED) is 0.452. The van der Waals surface area contributed by atoms with Gasteiger partial charge in [-0.05, 0) is 61.1 Å². The van der Waals surface area contributed by atoms with Crippen LogP contribution in [-0.4, -0.2) is 52.8 Å². The molecule has 2 aromatic rings. The van der Waals surface area contributed by atoms with Gasteiger partial charge in [0.25, 0.3) is 0 Å². The minimum atomic E-state index is 0.00713. The third-order valence-corrected chi connectivity index (χ3v) is 6.09. The highest BCUT2D eigenvalue weighted by molar-refractivity contribution is 5.97. The SMILES string of the molecule is CC1CCN(C#N)C1.CCc1ccc(-n2cc(C3CC3)cn2)nc1C(=O)C(C)CC.COC. The van der Waals surface area contributed by atoms with Gasteiger partial charge in [-0.2, -0.15) is 10.4 Å². The van der Waals surface area contributed by atoms with E-state index >= 15 is 0 Å². The Balaban J connectivity index is 0.000000291. The molecule has 0 N–H and O–H groups in total. The summed E-state index contributed by atoms with van der Waals surface area (Å²) < 4.78 is 6.04. The number of pyridine rings is 1. The summed E-state index contributed by atoms with van der Waals surface area (Å²) in [6, 6.07) is 3.96. The number of aryl methyl sites for hydroxylation is 1. The molecule has 0 radical (unpaired) electrons. The number of ether oxygens (including phenoxy) is 1. The topological polar surface area (TPSA) is 84.0 Å². The van der Waals surface area contributed by atoms with Crippen LogP contribution in [0.5, 0.6) is 0 Å². The van der Waals surface area contributed by atoms with Gasteiger partial charge in [-0.15, -0.1) is 0 Å². The van der Waals surface area contributed by atoms with Crippen molar-refractivity contribution in [2.75, 3.05) is 27.3 Å². The summed E-state index contributed by atoms with van der Waals surface area (Å²) in [6.07, 6.45) is 11.4. The van der Waals surface area contributed by atoms with E-state index in [0.717, 1.165) is 43.2 Å². The number of Topliss-reactive ketones (excluding diaryl/α,β-unsaturated/α-hetero) is 1. The van der Waals surface area contributed by atoms with Crippen LogP contribution in [0.1, 0.15) is 80.9 Å². The van der Waals surface area contributed by atoms with E-state index in [1.165, 1.54) is 24.8 Å². The zero-order valence-electron chi connectivity index (χ0n) is 21.0. The molecule has 180 valence electrons. The molecule has 2 atom stereocenters. The second-order valence-electron chi connectivity index (χ2n) is 9.04. The fourth-order valence-corrected chi connectivity index (χ4v) is 3.64. The summed E-state index contributed by atoms with van der Waals surface area (Å²) in [5, 5.41) is 12.8. The number of likely N-dealkylation sites (tertiary alicyclic amines) is 1. The first-order chi connectivity index (χ1) is 15.9. The van der Waals surface area contributed by atoms with Crippen LogP contribution >= 0.6 is 0 Å². The molecule has 7 nitrogen and oxygen atoms in total. The average molecular weight is 454 g/mol. The Labute approximate surface area is 198 Å². The Kier molecular flexibility index (Phi) is 10.5. The molecule has 2 aromatic heterocycles. The highest BCUT2D eigenvalue weighted by Gasteiger charge is 2.25. The predicted octanol–water partition coefficient (Wildman–Crippen LogP) is 5.01. The van der Waals surface area contributed by atoms with E-state index in [1.807, 2.05) is 43.3 Å². The molecule has 0 amide bonds. The Morgan fingerprint density at radius 3 is 2.45 bits per heavy atom. The van der Waals surface area contributed by atoms with Gasteiger partial charge in [0.2, 0.25) is 0 Å². The van der Waals surface area contributed by atoms with Crippen molar-refractivity contribution in [2.24, 2.45) is 11.8 Å². The number of aromatic nitrogens is 3. The number of carbonyl (C=O) groups is 1. The first-order valence-corrected chi connectivity index (χ1v) is 12.0. The second-order valence-corrected chi connectivity index (χ2v) is 9.04. The molecule has 0 bridgehead atoms. The van der Waals surface area contributed by atoms with Gasteiger partial charge in [0.05, 0.1) is 6.20 Å². The fourth-order valence-electron chi connectivity index (χ4n) is 3.64. The zero-order valence-corrected chi connectivity index (χ0v) is 21.0. The molecule has 7 heteroatoms. The van der Waals surface area contributed by atoms with Crippen molar-refractivity contribution in [2.45, 2.75) is 65.7 Å². The van der Waals surface area contributed by atoms with Crippen LogP contribution in [0.25, 0.3) is 5.82 Å². The molecule has 0 spiro atoms. The minimum absolute atomic E-state index is 0.00713. The van der Waals surface area contributed by atoms with Crippen LogP contribution < -0.4 is 0 Å². The van der Waals surface area contributed by atoms with Crippen LogP contribution in [0.15, 0.2) is 24.5 Å². The maximum Gasteiger partial charge on any atom is 0.184 e. The summed E-state index contributed by atoms with van der Waals surface area (Å²) in [5.41, 5.74) is 2.90.